The molecule has 5 nitrogen and oxygen atoms in total. The van der Waals surface area contributed by atoms with Gasteiger partial charge in [0.15, 0.2) is 0 Å². The van der Waals surface area contributed by atoms with Crippen molar-refractivity contribution in [3.05, 3.63) is 11.6 Å². The zero-order valence-corrected chi connectivity index (χ0v) is 15.3. The van der Waals surface area contributed by atoms with E-state index in [-0.39, 0.29) is 12.1 Å². The first kappa shape index (κ1) is 19.5. The van der Waals surface area contributed by atoms with Crippen molar-refractivity contribution in [1.29, 1.82) is 0 Å². The van der Waals surface area contributed by atoms with Gasteiger partial charge < -0.3 is 14.4 Å². The maximum Gasteiger partial charge on any atom is 0.410 e. The number of ether oxygens (including phenoxy) is 2. The topological polar surface area (TPSA) is 55.8 Å². The number of likely N-dealkylation sites (tertiary alicyclic amines) is 1. The van der Waals surface area contributed by atoms with Crippen LogP contribution in [0.3, 0.4) is 0 Å². The molecule has 132 valence electrons. The first-order valence-corrected chi connectivity index (χ1v) is 8.47. The molecule has 0 radical (unpaired) electrons. The Labute approximate surface area is 140 Å². The molecule has 1 amide bonds. The van der Waals surface area contributed by atoms with Crippen LogP contribution in [0.2, 0.25) is 0 Å². The second-order valence-corrected chi connectivity index (χ2v) is 7.23. The van der Waals surface area contributed by atoms with Gasteiger partial charge in [0.25, 0.3) is 0 Å². The lowest BCUT2D eigenvalue weighted by Crippen LogP contribution is -2.42. The third-order valence-corrected chi connectivity index (χ3v) is 4.05. The largest absolute Gasteiger partial charge is 0.463 e. The van der Waals surface area contributed by atoms with Crippen molar-refractivity contribution in [2.75, 3.05) is 19.7 Å². The summed E-state index contributed by atoms with van der Waals surface area (Å²) in [5.41, 5.74) is 0.203. The summed E-state index contributed by atoms with van der Waals surface area (Å²) in [5.74, 6) is 0.517. The SMILES string of the molecule is CCOC(=O)/C(C)=C/C(C)C1CCN(C(=O)OC(C)(C)C)CC1. The van der Waals surface area contributed by atoms with Crippen molar-refractivity contribution in [3.8, 4) is 0 Å². The van der Waals surface area contributed by atoms with Gasteiger partial charge in [-0.3, -0.25) is 0 Å². The zero-order chi connectivity index (χ0) is 17.6. The van der Waals surface area contributed by atoms with Crippen LogP contribution in [0.1, 0.15) is 54.4 Å². The van der Waals surface area contributed by atoms with E-state index in [1.54, 1.807) is 18.7 Å². The van der Waals surface area contributed by atoms with Crippen LogP contribution in [0.25, 0.3) is 0 Å². The Morgan fingerprint density at radius 1 is 1.26 bits per heavy atom. The molecule has 1 rings (SSSR count). The lowest BCUT2D eigenvalue weighted by molar-refractivity contribution is -0.138. The minimum Gasteiger partial charge on any atom is -0.463 e. The molecular weight excluding hydrogens is 294 g/mol. The van der Waals surface area contributed by atoms with Gasteiger partial charge in [0.05, 0.1) is 6.61 Å². The first-order chi connectivity index (χ1) is 10.6. The van der Waals surface area contributed by atoms with E-state index in [2.05, 4.69) is 6.92 Å². The lowest BCUT2D eigenvalue weighted by Gasteiger charge is -2.35. The Morgan fingerprint density at radius 2 is 1.83 bits per heavy atom. The van der Waals surface area contributed by atoms with E-state index < -0.39 is 5.60 Å². The predicted molar refractivity (Wildman–Crippen MR) is 90.1 cm³/mol. The highest BCUT2D eigenvalue weighted by molar-refractivity contribution is 5.87. The zero-order valence-electron chi connectivity index (χ0n) is 15.3. The number of esters is 1. The van der Waals surface area contributed by atoms with Crippen LogP contribution < -0.4 is 0 Å². The first-order valence-electron chi connectivity index (χ1n) is 8.47. The van der Waals surface area contributed by atoms with Gasteiger partial charge in [-0.15, -0.1) is 0 Å². The number of carbonyl (C=O) groups is 2. The maximum absolute atomic E-state index is 12.1. The van der Waals surface area contributed by atoms with Gasteiger partial charge in [-0.2, -0.15) is 0 Å². The fourth-order valence-electron chi connectivity index (χ4n) is 2.78. The molecule has 0 N–H and O–H groups in total. The summed E-state index contributed by atoms with van der Waals surface area (Å²) >= 11 is 0. The number of amides is 1. The number of rotatable bonds is 4. The summed E-state index contributed by atoms with van der Waals surface area (Å²) in [4.78, 5) is 25.5. The molecular formula is C18H31NO4. The summed E-state index contributed by atoms with van der Waals surface area (Å²) in [6.45, 7) is 13.2. The van der Waals surface area contributed by atoms with Crippen LogP contribution in [-0.2, 0) is 14.3 Å². The van der Waals surface area contributed by atoms with Gasteiger partial charge in [0.2, 0.25) is 0 Å². The molecule has 1 fully saturated rings. The fraction of sp³-hybridized carbons (Fsp3) is 0.778. The molecule has 0 saturated carbocycles. The van der Waals surface area contributed by atoms with Crippen molar-refractivity contribution in [2.45, 2.75) is 60.0 Å². The molecule has 1 aliphatic rings. The lowest BCUT2D eigenvalue weighted by atomic mass is 9.84. The quantitative estimate of drug-likeness (QED) is 0.583. The van der Waals surface area contributed by atoms with Gasteiger partial charge >= 0.3 is 12.1 Å². The van der Waals surface area contributed by atoms with E-state index in [9.17, 15) is 9.59 Å². The van der Waals surface area contributed by atoms with Gasteiger partial charge in [-0.1, -0.05) is 13.0 Å². The number of nitrogens with zero attached hydrogens (tertiary/aromatic N) is 1. The van der Waals surface area contributed by atoms with E-state index in [0.29, 0.717) is 37.1 Å². The van der Waals surface area contributed by atoms with Gasteiger partial charge in [-0.25, -0.2) is 9.59 Å². The van der Waals surface area contributed by atoms with Crippen molar-refractivity contribution in [3.63, 3.8) is 0 Å². The van der Waals surface area contributed by atoms with E-state index in [1.165, 1.54) is 0 Å². The molecule has 0 aromatic heterocycles. The van der Waals surface area contributed by atoms with Crippen molar-refractivity contribution < 1.29 is 19.1 Å². The number of hydrogen-bond donors (Lipinski definition) is 0. The Hall–Kier alpha value is -1.52. The Bertz CT molecular complexity index is 442. The summed E-state index contributed by atoms with van der Waals surface area (Å²) < 4.78 is 10.4. The molecule has 0 spiro atoms. The third-order valence-electron chi connectivity index (χ3n) is 4.05. The number of hydrogen-bond acceptors (Lipinski definition) is 4. The number of carbonyl (C=O) groups excluding carboxylic acids is 2. The highest BCUT2D eigenvalue weighted by Gasteiger charge is 2.28. The molecule has 0 aliphatic carbocycles. The van der Waals surface area contributed by atoms with Crippen LogP contribution in [0.15, 0.2) is 11.6 Å². The normalized spacial score (nSPS) is 18.5. The standard InChI is InChI=1S/C18H31NO4/c1-7-22-16(20)14(3)12-13(2)15-8-10-19(11-9-15)17(21)23-18(4,5)6/h12-13,15H,7-11H2,1-6H3/b14-12+. The summed E-state index contributed by atoms with van der Waals surface area (Å²) in [6, 6.07) is 0. The van der Waals surface area contributed by atoms with Crippen LogP contribution in [0.5, 0.6) is 0 Å². The molecule has 23 heavy (non-hydrogen) atoms. The molecule has 1 unspecified atom stereocenters. The molecule has 1 heterocycles. The van der Waals surface area contributed by atoms with Crippen LogP contribution in [0.4, 0.5) is 4.79 Å². The third kappa shape index (κ3) is 6.63. The fourth-order valence-corrected chi connectivity index (χ4v) is 2.78. The molecule has 0 bridgehead atoms. The van der Waals surface area contributed by atoms with Crippen LogP contribution in [-0.4, -0.2) is 42.3 Å². The molecule has 1 saturated heterocycles. The van der Waals surface area contributed by atoms with Gasteiger partial charge in [0.1, 0.15) is 5.60 Å². The summed E-state index contributed by atoms with van der Waals surface area (Å²) in [6.07, 6.45) is 3.60. The highest BCUT2D eigenvalue weighted by Crippen LogP contribution is 2.27. The number of piperidine rings is 1. The maximum atomic E-state index is 12.1. The molecule has 1 aliphatic heterocycles. The monoisotopic (exact) mass is 325 g/mol. The summed E-state index contributed by atoms with van der Waals surface area (Å²) in [7, 11) is 0. The highest BCUT2D eigenvalue weighted by atomic mass is 16.6. The summed E-state index contributed by atoms with van der Waals surface area (Å²) in [5, 5.41) is 0. The van der Waals surface area contributed by atoms with E-state index in [0.717, 1.165) is 12.8 Å². The molecule has 0 aromatic carbocycles. The average molecular weight is 325 g/mol. The average Bonchev–Trinajstić information content (AvgIpc) is 2.45. The molecule has 0 aromatic rings. The second-order valence-electron chi connectivity index (χ2n) is 7.23. The van der Waals surface area contributed by atoms with Crippen molar-refractivity contribution in [2.24, 2.45) is 11.8 Å². The second kappa shape index (κ2) is 8.37. The van der Waals surface area contributed by atoms with Crippen LogP contribution in [0, 0.1) is 11.8 Å². The minimum atomic E-state index is -0.458. The Kier molecular flexibility index (Phi) is 7.10. The Balaban J connectivity index is 2.51. The van der Waals surface area contributed by atoms with E-state index >= 15 is 0 Å². The van der Waals surface area contributed by atoms with Crippen molar-refractivity contribution in [1.82, 2.24) is 4.90 Å². The van der Waals surface area contributed by atoms with E-state index in [4.69, 9.17) is 9.47 Å². The Morgan fingerprint density at radius 3 is 2.30 bits per heavy atom. The van der Waals surface area contributed by atoms with Gasteiger partial charge in [-0.05, 0) is 59.3 Å². The molecule has 5 heteroatoms. The van der Waals surface area contributed by atoms with E-state index in [1.807, 2.05) is 26.8 Å². The minimum absolute atomic E-state index is 0.234. The smallest absolute Gasteiger partial charge is 0.410 e. The van der Waals surface area contributed by atoms with Gasteiger partial charge in [0, 0.05) is 18.7 Å². The molecule has 1 atom stereocenters. The van der Waals surface area contributed by atoms with Crippen molar-refractivity contribution >= 4 is 12.1 Å². The number of allylic oxidation sites excluding steroid dienone is 1. The predicted octanol–water partition coefficient (Wildman–Crippen LogP) is 3.78. The van der Waals surface area contributed by atoms with Crippen LogP contribution >= 0.6 is 0 Å².